The van der Waals surface area contributed by atoms with Crippen LogP contribution in [-0.2, 0) is 24.4 Å². The highest BCUT2D eigenvalue weighted by molar-refractivity contribution is 7.15. The lowest BCUT2D eigenvalue weighted by atomic mass is 10.3. The molecule has 1 saturated carbocycles. The molecule has 0 aromatic carbocycles. The third kappa shape index (κ3) is 3.63. The zero-order chi connectivity index (χ0) is 14.7. The molecule has 6 heteroatoms. The average Bonchev–Trinajstić information content (AvgIpc) is 3.04. The van der Waals surface area contributed by atoms with Crippen molar-refractivity contribution in [2.45, 2.75) is 38.6 Å². The summed E-state index contributed by atoms with van der Waals surface area (Å²) in [6.45, 7) is 2.41. The maximum atomic E-state index is 5.29. The number of thiophene rings is 1. The van der Waals surface area contributed by atoms with E-state index in [1.165, 1.54) is 23.3 Å². The number of rotatable bonds is 8. The molecule has 0 aliphatic heterocycles. The van der Waals surface area contributed by atoms with Crippen LogP contribution in [0.15, 0.2) is 16.8 Å². The van der Waals surface area contributed by atoms with Gasteiger partial charge in [-0.2, -0.15) is 11.3 Å². The normalized spacial score (nSPS) is 14.6. The van der Waals surface area contributed by atoms with Gasteiger partial charge in [-0.25, -0.2) is 4.98 Å². The van der Waals surface area contributed by atoms with Crippen molar-refractivity contribution in [1.29, 1.82) is 0 Å². The summed E-state index contributed by atoms with van der Waals surface area (Å²) < 4.78 is 5.29. The minimum Gasteiger partial charge on any atom is -0.378 e. The molecule has 3 rings (SSSR count). The van der Waals surface area contributed by atoms with Crippen molar-refractivity contribution >= 4 is 27.8 Å². The smallest absolute Gasteiger partial charge is 0.186 e. The standard InChI is InChI=1S/C15H21N3OS2/c1-16-7-14-13(9-19-2)17-15(21-14)18(12-3-4-12)8-11-5-6-20-10-11/h5-6,10,12,16H,3-4,7-9H2,1-2H3. The second-order valence-corrected chi connectivity index (χ2v) is 7.16. The molecule has 1 aliphatic carbocycles. The predicted molar refractivity (Wildman–Crippen MR) is 89.1 cm³/mol. The summed E-state index contributed by atoms with van der Waals surface area (Å²) in [5.41, 5.74) is 2.45. The maximum Gasteiger partial charge on any atom is 0.186 e. The quantitative estimate of drug-likeness (QED) is 0.809. The van der Waals surface area contributed by atoms with Gasteiger partial charge < -0.3 is 15.0 Å². The molecular weight excluding hydrogens is 302 g/mol. The van der Waals surface area contributed by atoms with Gasteiger partial charge in [0.2, 0.25) is 0 Å². The number of thiazole rings is 1. The Bertz CT molecular complexity index is 540. The summed E-state index contributed by atoms with van der Waals surface area (Å²) in [6, 6.07) is 2.87. The number of nitrogens with zero attached hydrogens (tertiary/aromatic N) is 2. The fourth-order valence-electron chi connectivity index (χ4n) is 2.36. The van der Waals surface area contributed by atoms with Gasteiger partial charge in [0, 0.05) is 31.1 Å². The van der Waals surface area contributed by atoms with E-state index in [0.717, 1.165) is 23.9 Å². The van der Waals surface area contributed by atoms with Gasteiger partial charge in [-0.3, -0.25) is 0 Å². The van der Waals surface area contributed by atoms with Crippen molar-refractivity contribution in [2.24, 2.45) is 0 Å². The van der Waals surface area contributed by atoms with E-state index in [0.29, 0.717) is 12.6 Å². The molecule has 1 fully saturated rings. The van der Waals surface area contributed by atoms with Gasteiger partial charge in [-0.05, 0) is 42.3 Å². The number of methoxy groups -OCH3 is 1. The fourth-order valence-corrected chi connectivity index (χ4v) is 4.16. The number of ether oxygens (including phenoxy) is 1. The van der Waals surface area contributed by atoms with Crippen molar-refractivity contribution in [1.82, 2.24) is 10.3 Å². The van der Waals surface area contributed by atoms with Crippen molar-refractivity contribution in [2.75, 3.05) is 19.1 Å². The van der Waals surface area contributed by atoms with Crippen molar-refractivity contribution in [3.8, 4) is 0 Å². The molecule has 2 aromatic heterocycles. The van der Waals surface area contributed by atoms with Gasteiger partial charge in [-0.1, -0.05) is 0 Å². The Morgan fingerprint density at radius 1 is 1.48 bits per heavy atom. The molecule has 0 spiro atoms. The Kier molecular flexibility index (Phi) is 4.90. The fraction of sp³-hybridized carbons (Fsp3) is 0.533. The largest absolute Gasteiger partial charge is 0.378 e. The van der Waals surface area contributed by atoms with Crippen molar-refractivity contribution < 1.29 is 4.74 Å². The van der Waals surface area contributed by atoms with Gasteiger partial charge in [0.05, 0.1) is 12.3 Å². The van der Waals surface area contributed by atoms with Gasteiger partial charge in [0.25, 0.3) is 0 Å². The van der Waals surface area contributed by atoms with Crippen LogP contribution < -0.4 is 10.2 Å². The van der Waals surface area contributed by atoms with Crippen molar-refractivity contribution in [3.63, 3.8) is 0 Å². The minimum absolute atomic E-state index is 0.588. The van der Waals surface area contributed by atoms with Crippen LogP contribution in [0.5, 0.6) is 0 Å². The van der Waals surface area contributed by atoms with Gasteiger partial charge in [-0.15, -0.1) is 11.3 Å². The van der Waals surface area contributed by atoms with Crippen LogP contribution in [0.25, 0.3) is 0 Å². The van der Waals surface area contributed by atoms with E-state index in [9.17, 15) is 0 Å². The topological polar surface area (TPSA) is 37.4 Å². The zero-order valence-electron chi connectivity index (χ0n) is 12.5. The number of hydrogen-bond donors (Lipinski definition) is 1. The first-order valence-electron chi connectivity index (χ1n) is 7.21. The Hall–Kier alpha value is -0.950. The predicted octanol–water partition coefficient (Wildman–Crippen LogP) is 3.24. The lowest BCUT2D eigenvalue weighted by Crippen LogP contribution is -2.24. The van der Waals surface area contributed by atoms with Crippen LogP contribution in [0.2, 0.25) is 0 Å². The van der Waals surface area contributed by atoms with E-state index < -0.39 is 0 Å². The molecule has 0 unspecified atom stereocenters. The van der Waals surface area contributed by atoms with Crippen LogP contribution in [0.4, 0.5) is 5.13 Å². The van der Waals surface area contributed by atoms with E-state index >= 15 is 0 Å². The van der Waals surface area contributed by atoms with Gasteiger partial charge >= 0.3 is 0 Å². The van der Waals surface area contributed by atoms with E-state index in [-0.39, 0.29) is 0 Å². The first-order chi connectivity index (χ1) is 10.3. The molecule has 2 heterocycles. The monoisotopic (exact) mass is 323 g/mol. The van der Waals surface area contributed by atoms with E-state index in [2.05, 4.69) is 27.0 Å². The van der Waals surface area contributed by atoms with Gasteiger partial charge in [0.1, 0.15) is 0 Å². The SMILES string of the molecule is CNCc1sc(N(Cc2ccsc2)C2CC2)nc1COC. The summed E-state index contributed by atoms with van der Waals surface area (Å²) in [5, 5.41) is 8.74. The number of nitrogens with one attached hydrogen (secondary N) is 1. The molecule has 4 nitrogen and oxygen atoms in total. The average molecular weight is 323 g/mol. The molecule has 114 valence electrons. The second-order valence-electron chi connectivity index (χ2n) is 5.32. The van der Waals surface area contributed by atoms with Crippen LogP contribution in [-0.4, -0.2) is 25.2 Å². The highest BCUT2D eigenvalue weighted by Crippen LogP contribution is 2.37. The lowest BCUT2D eigenvalue weighted by molar-refractivity contribution is 0.181. The number of hydrogen-bond acceptors (Lipinski definition) is 6. The Balaban J connectivity index is 1.83. The maximum absolute atomic E-state index is 5.29. The molecule has 0 saturated heterocycles. The zero-order valence-corrected chi connectivity index (χ0v) is 14.1. The Labute approximate surface area is 133 Å². The lowest BCUT2D eigenvalue weighted by Gasteiger charge is -2.20. The van der Waals surface area contributed by atoms with E-state index in [1.807, 2.05) is 7.05 Å². The molecular formula is C15H21N3OS2. The number of aromatic nitrogens is 1. The summed E-state index contributed by atoms with van der Waals surface area (Å²) in [4.78, 5) is 8.59. The van der Waals surface area contributed by atoms with Crippen LogP contribution in [0.1, 0.15) is 29.0 Å². The highest BCUT2D eigenvalue weighted by atomic mass is 32.1. The first-order valence-corrected chi connectivity index (χ1v) is 8.97. The van der Waals surface area contributed by atoms with Crippen LogP contribution >= 0.6 is 22.7 Å². The molecule has 2 aromatic rings. The molecule has 0 bridgehead atoms. The Morgan fingerprint density at radius 2 is 2.33 bits per heavy atom. The second kappa shape index (κ2) is 6.87. The third-order valence-corrected chi connectivity index (χ3v) is 5.42. The minimum atomic E-state index is 0.588. The highest BCUT2D eigenvalue weighted by Gasteiger charge is 2.31. The number of anilines is 1. The first kappa shape index (κ1) is 15.0. The summed E-state index contributed by atoms with van der Waals surface area (Å²) >= 11 is 3.56. The molecule has 1 N–H and O–H groups in total. The van der Waals surface area contributed by atoms with Crippen molar-refractivity contribution in [3.05, 3.63) is 33.0 Å². The molecule has 0 atom stereocenters. The van der Waals surface area contributed by atoms with Crippen LogP contribution in [0.3, 0.4) is 0 Å². The van der Waals surface area contributed by atoms with Gasteiger partial charge in [0.15, 0.2) is 5.13 Å². The third-order valence-electron chi connectivity index (χ3n) is 3.55. The molecule has 0 radical (unpaired) electrons. The van der Waals surface area contributed by atoms with E-state index in [1.54, 1.807) is 29.8 Å². The summed E-state index contributed by atoms with van der Waals surface area (Å²) in [6.07, 6.45) is 2.56. The molecule has 1 aliphatic rings. The molecule has 21 heavy (non-hydrogen) atoms. The van der Waals surface area contributed by atoms with E-state index in [4.69, 9.17) is 9.72 Å². The Morgan fingerprint density at radius 3 is 2.95 bits per heavy atom. The van der Waals surface area contributed by atoms with Crippen LogP contribution in [0, 0.1) is 0 Å². The summed E-state index contributed by atoms with van der Waals surface area (Å²) in [5.74, 6) is 0. The summed E-state index contributed by atoms with van der Waals surface area (Å²) in [7, 11) is 3.70. The molecule has 0 amide bonds.